The fourth-order valence-corrected chi connectivity index (χ4v) is 0.342. The standard InChI is InChI=1S/C6H5.C3H7.C2H5.N.W.Y/c1-2-4-6-5-3-1;1-3-2;1-2;;;/h1-5H;1,3H2,2H3;1H2,2H3;;;/q4*-1;;+3. The van der Waals surface area contributed by atoms with Crippen molar-refractivity contribution in [2.24, 2.45) is 0 Å². The van der Waals surface area contributed by atoms with Crippen LogP contribution in [0.5, 0.6) is 0 Å². The van der Waals surface area contributed by atoms with Gasteiger partial charge in [-0.15, -0.1) is 0 Å². The third-order valence-electron chi connectivity index (χ3n) is 0.607. The Labute approximate surface area is 126 Å². The van der Waals surface area contributed by atoms with Crippen molar-refractivity contribution in [1.29, 1.82) is 0 Å². The minimum atomic E-state index is 0. The number of nitrogens with zero attached hydrogens (tertiary/aromatic N) is 1. The fourth-order valence-electron chi connectivity index (χ4n) is 0.342. The molecule has 1 rings (SSSR count). The molecule has 0 amide bonds. The summed E-state index contributed by atoms with van der Waals surface area (Å²) in [6, 6.07) is 12.5. The van der Waals surface area contributed by atoms with E-state index >= 15 is 0 Å². The largest absolute Gasteiger partial charge is 3.00 e. The molecule has 0 saturated carbocycles. The van der Waals surface area contributed by atoms with Gasteiger partial charge < -0.3 is 13.8 Å². The molecule has 1 nitrogen and oxygen atoms in total. The fraction of sp³-hybridized carbons (Fsp3) is 0.273. The summed E-state index contributed by atoms with van der Waals surface area (Å²) in [5.41, 5.74) is 0. The van der Waals surface area contributed by atoms with Gasteiger partial charge in [0.2, 0.25) is 0 Å². The van der Waals surface area contributed by atoms with E-state index < -0.39 is 0 Å². The van der Waals surface area contributed by atoms with E-state index in [0.29, 0.717) is 19.6 Å². The van der Waals surface area contributed by atoms with Crippen LogP contribution in [-0.2, 0) is 52.3 Å². The molecule has 0 aliphatic rings. The molecule has 0 atom stereocenters. The van der Waals surface area contributed by atoms with Gasteiger partial charge in [0.1, 0.15) is 0 Å². The van der Waals surface area contributed by atoms with Crippen LogP contribution in [0.15, 0.2) is 30.3 Å². The molecule has 0 heterocycles. The van der Waals surface area contributed by atoms with Crippen molar-refractivity contribution in [1.82, 2.24) is 0 Å². The SMILES string of the molecule is [CH2-]C.[CH2-]CC.[N-]=[W].[Y+3].[c-]1ccccc1. The Bertz CT molecular complexity index is 109. The van der Waals surface area contributed by atoms with Crippen LogP contribution < -0.4 is 0 Å². The molecular formula is C11H17NWY-. The van der Waals surface area contributed by atoms with E-state index in [1.807, 2.05) is 37.3 Å². The van der Waals surface area contributed by atoms with Crippen LogP contribution in [0.25, 0.3) is 3.91 Å². The van der Waals surface area contributed by atoms with Crippen LogP contribution in [-0.4, -0.2) is 0 Å². The van der Waals surface area contributed by atoms with Crippen LogP contribution in [0.4, 0.5) is 0 Å². The molecule has 0 unspecified atom stereocenters. The van der Waals surface area contributed by atoms with Crippen LogP contribution in [0.1, 0.15) is 20.3 Å². The van der Waals surface area contributed by atoms with Gasteiger partial charge in [-0.3, -0.25) is 0 Å². The zero-order chi connectivity index (χ0) is 10.9. The molecule has 3 heteroatoms. The van der Waals surface area contributed by atoms with Crippen LogP contribution >= 0.6 is 0 Å². The summed E-state index contributed by atoms with van der Waals surface area (Å²) < 4.78 is 7.08. The van der Waals surface area contributed by atoms with Gasteiger partial charge in [0.15, 0.2) is 0 Å². The Morgan fingerprint density at radius 1 is 1.14 bits per heavy atom. The molecule has 0 saturated heterocycles. The predicted octanol–water partition coefficient (Wildman–Crippen LogP) is 3.84. The molecule has 0 aliphatic carbocycles. The summed E-state index contributed by atoms with van der Waals surface area (Å²) in [4.78, 5) is 0. The number of hydrogen-bond donors (Lipinski definition) is 0. The van der Waals surface area contributed by atoms with Crippen molar-refractivity contribution in [3.63, 3.8) is 0 Å². The smallest absolute Gasteiger partial charge is 0.184 e. The van der Waals surface area contributed by atoms with Gasteiger partial charge in [-0.05, 0) is 0 Å². The molecule has 0 bridgehead atoms. The van der Waals surface area contributed by atoms with Gasteiger partial charge in [0.25, 0.3) is 0 Å². The van der Waals surface area contributed by atoms with Gasteiger partial charge in [-0.25, -0.2) is 0 Å². The molecule has 0 spiro atoms. The second kappa shape index (κ2) is 37.2. The molecule has 1 aromatic carbocycles. The monoisotopic (exact) mass is 436 g/mol. The third kappa shape index (κ3) is 38.5. The Morgan fingerprint density at radius 2 is 1.43 bits per heavy atom. The van der Waals surface area contributed by atoms with Crippen molar-refractivity contribution < 1.29 is 52.3 Å². The Morgan fingerprint density at radius 3 is 1.50 bits per heavy atom. The second-order valence-electron chi connectivity index (χ2n) is 1.58. The minimum absolute atomic E-state index is 0. The molecule has 0 aliphatic heterocycles. The first kappa shape index (κ1) is 24.2. The first-order valence-corrected chi connectivity index (χ1v) is 5.32. The van der Waals surface area contributed by atoms with E-state index in [2.05, 4.69) is 19.9 Å². The van der Waals surface area contributed by atoms with Crippen LogP contribution in [0.3, 0.4) is 0 Å². The summed E-state index contributed by atoms with van der Waals surface area (Å²) >= 11 is 0.583. The van der Waals surface area contributed by atoms with Crippen molar-refractivity contribution in [3.05, 3.63) is 54.2 Å². The first-order valence-electron chi connectivity index (χ1n) is 4.01. The Kier molecular flexibility index (Phi) is 64.1. The molecular weight excluding hydrogens is 419 g/mol. The zero-order valence-electron chi connectivity index (χ0n) is 8.94. The summed E-state index contributed by atoms with van der Waals surface area (Å²) in [5, 5.41) is 0. The Hall–Kier alpha value is 0.812. The molecule has 0 aromatic heterocycles. The summed E-state index contributed by atoms with van der Waals surface area (Å²) in [6.07, 6.45) is 1.00. The van der Waals surface area contributed by atoms with Crippen LogP contribution in [0, 0.1) is 19.9 Å². The number of hydrogen-bond acceptors (Lipinski definition) is 0. The zero-order valence-corrected chi connectivity index (χ0v) is 14.7. The molecule has 76 valence electrons. The van der Waals surface area contributed by atoms with E-state index in [1.54, 1.807) is 6.92 Å². The van der Waals surface area contributed by atoms with Crippen LogP contribution in [0.2, 0.25) is 0 Å². The number of rotatable bonds is 0. The number of benzene rings is 1. The predicted molar refractivity (Wildman–Crippen MR) is 55.3 cm³/mol. The molecule has 14 heavy (non-hydrogen) atoms. The minimum Gasteiger partial charge on any atom is -0.184 e. The first-order chi connectivity index (χ1) is 6.41. The van der Waals surface area contributed by atoms with Gasteiger partial charge in [-0.2, -0.15) is 49.7 Å². The summed E-state index contributed by atoms with van der Waals surface area (Å²) in [5.74, 6) is 0. The average molecular weight is 436 g/mol. The van der Waals surface area contributed by atoms with Crippen molar-refractivity contribution >= 4 is 0 Å². The second-order valence-corrected chi connectivity index (χ2v) is 1.58. The molecule has 0 fully saturated rings. The van der Waals surface area contributed by atoms with Gasteiger partial charge >= 0.3 is 56.3 Å². The van der Waals surface area contributed by atoms with Crippen molar-refractivity contribution in [2.75, 3.05) is 0 Å². The van der Waals surface area contributed by atoms with E-state index in [1.165, 1.54) is 0 Å². The third-order valence-corrected chi connectivity index (χ3v) is 0.607. The molecule has 0 radical (unpaired) electrons. The Balaban J connectivity index is -0.0000000549. The van der Waals surface area contributed by atoms with Gasteiger partial charge in [0.05, 0.1) is 0 Å². The summed E-state index contributed by atoms with van der Waals surface area (Å²) in [7, 11) is 0. The van der Waals surface area contributed by atoms with E-state index in [9.17, 15) is 0 Å². The summed E-state index contributed by atoms with van der Waals surface area (Å²) in [6.45, 7) is 10.5. The van der Waals surface area contributed by atoms with E-state index in [4.69, 9.17) is 3.91 Å². The van der Waals surface area contributed by atoms with E-state index in [-0.39, 0.29) is 32.7 Å². The normalized spacial score (nSPS) is 5.43. The quantitative estimate of drug-likeness (QED) is 0.552. The average Bonchev–Trinajstić information content (AvgIpc) is 2.27. The van der Waals surface area contributed by atoms with Crippen molar-refractivity contribution in [2.45, 2.75) is 20.3 Å². The van der Waals surface area contributed by atoms with Gasteiger partial charge in [-0.1, -0.05) is 6.92 Å². The van der Waals surface area contributed by atoms with E-state index in [0.717, 1.165) is 6.42 Å². The maximum absolute atomic E-state index is 7.08. The maximum Gasteiger partial charge on any atom is 3.00 e. The topological polar surface area (TPSA) is 22.3 Å². The van der Waals surface area contributed by atoms with Gasteiger partial charge in [0, 0.05) is 0 Å². The van der Waals surface area contributed by atoms with Crippen molar-refractivity contribution in [3.8, 4) is 0 Å². The molecule has 1 aromatic rings. The molecule has 0 N–H and O–H groups in total. The maximum atomic E-state index is 7.08.